The molecule has 5 nitrogen and oxygen atoms in total. The molecule has 1 N–H and O–H groups in total. The predicted octanol–water partition coefficient (Wildman–Crippen LogP) is 5.53. The summed E-state index contributed by atoms with van der Waals surface area (Å²) >= 11 is 0. The zero-order chi connectivity index (χ0) is 23.8. The van der Waals surface area contributed by atoms with Crippen molar-refractivity contribution in [3.05, 3.63) is 77.9 Å². The molecule has 1 heterocycles. The van der Waals surface area contributed by atoms with Crippen LogP contribution in [-0.4, -0.2) is 31.7 Å². The molecule has 33 heavy (non-hydrogen) atoms. The molecule has 1 aliphatic rings. The fraction of sp³-hybridized carbons (Fsp3) is 0.296. The lowest BCUT2D eigenvalue weighted by atomic mass is 9.97. The highest BCUT2D eigenvalue weighted by atomic mass is 32.2. The molecule has 1 fully saturated rings. The Balaban J connectivity index is 1.41. The van der Waals surface area contributed by atoms with Gasteiger partial charge in [0.05, 0.1) is 4.90 Å². The molecule has 4 rings (SSSR count). The topological polar surface area (TPSA) is 66.5 Å². The third-order valence-electron chi connectivity index (χ3n) is 6.37. The van der Waals surface area contributed by atoms with E-state index in [1.165, 1.54) is 4.31 Å². The van der Waals surface area contributed by atoms with Gasteiger partial charge in [0.15, 0.2) is 0 Å². The molecular weight excluding hydrogens is 432 g/mol. The van der Waals surface area contributed by atoms with Crippen LogP contribution in [0.15, 0.2) is 66.1 Å². The molecule has 1 amide bonds. The van der Waals surface area contributed by atoms with Crippen molar-refractivity contribution in [2.45, 2.75) is 38.5 Å². The van der Waals surface area contributed by atoms with Crippen LogP contribution in [0.5, 0.6) is 0 Å². The van der Waals surface area contributed by atoms with Crippen molar-refractivity contribution in [2.24, 2.45) is 5.92 Å². The third-order valence-corrected chi connectivity index (χ3v) is 8.43. The maximum atomic E-state index is 13.1. The molecule has 0 spiro atoms. The zero-order valence-corrected chi connectivity index (χ0v) is 20.2. The maximum absolute atomic E-state index is 13.1. The molecule has 0 aliphatic carbocycles. The molecule has 0 unspecified atom stereocenters. The average molecular weight is 463 g/mol. The number of nitrogens with one attached hydrogen (secondary N) is 1. The summed E-state index contributed by atoms with van der Waals surface area (Å²) in [6, 6.07) is 17.4. The summed E-state index contributed by atoms with van der Waals surface area (Å²) < 4.78 is 27.7. The van der Waals surface area contributed by atoms with E-state index in [0.717, 1.165) is 38.7 Å². The van der Waals surface area contributed by atoms with Crippen LogP contribution in [0.3, 0.4) is 0 Å². The van der Waals surface area contributed by atoms with Gasteiger partial charge < -0.3 is 5.32 Å². The number of anilines is 1. The van der Waals surface area contributed by atoms with Crippen molar-refractivity contribution in [3.8, 4) is 0 Å². The first-order chi connectivity index (χ1) is 15.6. The van der Waals surface area contributed by atoms with Crippen molar-refractivity contribution in [1.82, 2.24) is 4.31 Å². The predicted molar refractivity (Wildman–Crippen MR) is 135 cm³/mol. The summed E-state index contributed by atoms with van der Waals surface area (Å²) in [6.07, 6.45) is 1.01. The molecule has 3 aromatic carbocycles. The van der Waals surface area contributed by atoms with E-state index in [-0.39, 0.29) is 11.8 Å². The van der Waals surface area contributed by atoms with Crippen LogP contribution in [-0.2, 0) is 14.8 Å². The fourth-order valence-electron chi connectivity index (χ4n) is 4.42. The molecule has 6 heteroatoms. The van der Waals surface area contributed by atoms with Gasteiger partial charge in [0, 0.05) is 24.7 Å². The Morgan fingerprint density at radius 2 is 1.64 bits per heavy atom. The van der Waals surface area contributed by atoms with Crippen molar-refractivity contribution < 1.29 is 13.2 Å². The molecule has 0 aromatic heterocycles. The second kappa shape index (κ2) is 9.12. The molecule has 172 valence electrons. The number of sulfonamides is 1. The van der Waals surface area contributed by atoms with E-state index < -0.39 is 10.0 Å². The van der Waals surface area contributed by atoms with E-state index in [2.05, 4.69) is 18.0 Å². The number of aryl methyl sites for hydroxylation is 2. The van der Waals surface area contributed by atoms with Gasteiger partial charge in [-0.25, -0.2) is 8.42 Å². The van der Waals surface area contributed by atoms with Gasteiger partial charge in [0.2, 0.25) is 15.9 Å². The lowest BCUT2D eigenvalue weighted by molar-refractivity contribution is -0.120. The summed E-state index contributed by atoms with van der Waals surface area (Å²) in [6.45, 7) is 10.4. The maximum Gasteiger partial charge on any atom is 0.243 e. The average Bonchev–Trinajstić information content (AvgIpc) is 2.78. The summed E-state index contributed by atoms with van der Waals surface area (Å²) in [5, 5.41) is 5.16. The minimum atomic E-state index is -3.56. The normalized spacial score (nSPS) is 15.5. The Kier molecular flexibility index (Phi) is 6.41. The van der Waals surface area contributed by atoms with Crippen LogP contribution in [0.2, 0.25) is 0 Å². The largest absolute Gasteiger partial charge is 0.326 e. The zero-order valence-electron chi connectivity index (χ0n) is 19.4. The minimum Gasteiger partial charge on any atom is -0.326 e. The summed E-state index contributed by atoms with van der Waals surface area (Å²) in [4.78, 5) is 13.2. The van der Waals surface area contributed by atoms with E-state index in [0.29, 0.717) is 30.8 Å². The Morgan fingerprint density at radius 1 is 0.970 bits per heavy atom. The number of rotatable bonds is 5. The number of allylic oxidation sites excluding steroid dienone is 1. The Morgan fingerprint density at radius 3 is 2.30 bits per heavy atom. The second-order valence-electron chi connectivity index (χ2n) is 8.99. The van der Waals surface area contributed by atoms with Gasteiger partial charge in [-0.15, -0.1) is 0 Å². The van der Waals surface area contributed by atoms with Crippen molar-refractivity contribution in [1.29, 1.82) is 0 Å². The summed E-state index contributed by atoms with van der Waals surface area (Å²) in [5.74, 6) is -0.270. The Hall–Kier alpha value is -2.96. The first-order valence-corrected chi connectivity index (χ1v) is 12.7. The van der Waals surface area contributed by atoms with Crippen molar-refractivity contribution in [3.63, 3.8) is 0 Å². The number of hydrogen-bond acceptors (Lipinski definition) is 3. The lowest BCUT2D eigenvalue weighted by Gasteiger charge is -2.31. The van der Waals surface area contributed by atoms with E-state index in [4.69, 9.17) is 0 Å². The van der Waals surface area contributed by atoms with E-state index >= 15 is 0 Å². The van der Waals surface area contributed by atoms with Gasteiger partial charge in [0.25, 0.3) is 0 Å². The quantitative estimate of drug-likeness (QED) is 0.542. The summed E-state index contributed by atoms with van der Waals surface area (Å²) in [5.41, 5.74) is 4.65. The number of benzene rings is 3. The van der Waals surface area contributed by atoms with Crippen LogP contribution in [0.1, 0.15) is 36.5 Å². The van der Waals surface area contributed by atoms with E-state index in [1.54, 1.807) is 6.07 Å². The van der Waals surface area contributed by atoms with Gasteiger partial charge >= 0.3 is 0 Å². The number of piperidine rings is 1. The SMILES string of the molecule is C=C(C)c1ccc2cc(NC(=O)C3CCN(S(=O)(=O)c4ccc(C)cc4C)CC3)ccc2c1. The Labute approximate surface area is 196 Å². The molecule has 0 atom stereocenters. The molecule has 0 saturated carbocycles. The van der Waals surface area contributed by atoms with Crippen LogP contribution in [0.25, 0.3) is 16.3 Å². The number of carbonyl (C=O) groups excluding carboxylic acids is 1. The van der Waals surface area contributed by atoms with Crippen LogP contribution < -0.4 is 5.32 Å². The van der Waals surface area contributed by atoms with Crippen molar-refractivity contribution in [2.75, 3.05) is 18.4 Å². The van der Waals surface area contributed by atoms with Crippen LogP contribution in [0, 0.1) is 19.8 Å². The number of fused-ring (bicyclic) bond motifs is 1. The lowest BCUT2D eigenvalue weighted by Crippen LogP contribution is -2.41. The smallest absolute Gasteiger partial charge is 0.243 e. The van der Waals surface area contributed by atoms with Crippen LogP contribution in [0.4, 0.5) is 5.69 Å². The third kappa shape index (κ3) is 4.87. The molecule has 1 saturated heterocycles. The monoisotopic (exact) mass is 462 g/mol. The fourth-order valence-corrected chi connectivity index (χ4v) is 6.09. The van der Waals surface area contributed by atoms with Gasteiger partial charge in [0.1, 0.15) is 0 Å². The first-order valence-electron chi connectivity index (χ1n) is 11.2. The van der Waals surface area contributed by atoms with E-state index in [1.807, 2.05) is 63.2 Å². The molecule has 1 aliphatic heterocycles. The van der Waals surface area contributed by atoms with Gasteiger partial charge in [-0.3, -0.25) is 4.79 Å². The van der Waals surface area contributed by atoms with E-state index in [9.17, 15) is 13.2 Å². The van der Waals surface area contributed by atoms with Gasteiger partial charge in [-0.2, -0.15) is 4.31 Å². The molecule has 0 radical (unpaired) electrons. The highest BCUT2D eigenvalue weighted by Crippen LogP contribution is 2.28. The standard InChI is InChI=1S/C27H30N2O3S/c1-18(2)22-6-7-24-17-25(9-8-23(24)16-22)28-27(30)21-11-13-29(14-12-21)33(31,32)26-10-5-19(3)15-20(26)4/h5-10,15-17,21H,1,11-14H2,2-4H3,(H,28,30). The summed E-state index contributed by atoms with van der Waals surface area (Å²) in [7, 11) is -3.56. The highest BCUT2D eigenvalue weighted by Gasteiger charge is 2.32. The van der Waals surface area contributed by atoms with Gasteiger partial charge in [-0.1, -0.05) is 48.0 Å². The number of hydrogen-bond donors (Lipinski definition) is 1. The highest BCUT2D eigenvalue weighted by molar-refractivity contribution is 7.89. The van der Waals surface area contributed by atoms with Gasteiger partial charge in [-0.05, 0) is 79.8 Å². The number of carbonyl (C=O) groups is 1. The molecular formula is C27H30N2O3S. The minimum absolute atomic E-state index is 0.0588. The number of nitrogens with zero attached hydrogens (tertiary/aromatic N) is 1. The Bertz CT molecular complexity index is 1340. The molecule has 0 bridgehead atoms. The second-order valence-corrected chi connectivity index (χ2v) is 10.9. The van der Waals surface area contributed by atoms with Crippen LogP contribution >= 0.6 is 0 Å². The number of amides is 1. The molecule has 3 aromatic rings. The first kappa shape index (κ1) is 23.2. The van der Waals surface area contributed by atoms with Crippen molar-refractivity contribution >= 4 is 38.0 Å².